The lowest BCUT2D eigenvalue weighted by molar-refractivity contribution is -0.133. The van der Waals surface area contributed by atoms with Gasteiger partial charge in [-0.25, -0.2) is 4.98 Å². The van der Waals surface area contributed by atoms with Crippen molar-refractivity contribution in [3.8, 4) is 5.75 Å². The zero-order chi connectivity index (χ0) is 24.4. The van der Waals surface area contributed by atoms with Crippen molar-refractivity contribution in [3.63, 3.8) is 0 Å². The topological polar surface area (TPSA) is 74.8 Å². The molecule has 2 aliphatic rings. The van der Waals surface area contributed by atoms with Gasteiger partial charge in [0, 0.05) is 47.3 Å². The lowest BCUT2D eigenvalue weighted by Crippen LogP contribution is -2.50. The van der Waals surface area contributed by atoms with Crippen molar-refractivity contribution in [2.45, 2.75) is 25.2 Å². The van der Waals surface area contributed by atoms with Gasteiger partial charge in [-0.1, -0.05) is 11.6 Å². The van der Waals surface area contributed by atoms with Crippen LogP contribution in [-0.4, -0.2) is 55.0 Å². The van der Waals surface area contributed by atoms with E-state index in [1.807, 2.05) is 17.0 Å². The van der Waals surface area contributed by atoms with Gasteiger partial charge in [0.25, 0.3) is 5.91 Å². The largest absolute Gasteiger partial charge is 0.497 e. The van der Waals surface area contributed by atoms with E-state index in [1.54, 1.807) is 31.4 Å². The highest BCUT2D eigenvalue weighted by molar-refractivity contribution is 7.16. The van der Waals surface area contributed by atoms with Gasteiger partial charge in [-0.05, 0) is 67.8 Å². The Morgan fingerprint density at radius 1 is 1.06 bits per heavy atom. The quantitative estimate of drug-likeness (QED) is 0.532. The number of anilines is 2. The number of methoxy groups -OCH3 is 1. The molecule has 1 aliphatic carbocycles. The maximum atomic E-state index is 13.5. The van der Waals surface area contributed by atoms with E-state index in [9.17, 15) is 9.59 Å². The lowest BCUT2D eigenvalue weighted by Gasteiger charge is -2.38. The number of carbonyl (C=O) groups excluding carboxylic acids is 2. The molecule has 2 amide bonds. The minimum atomic E-state index is -0.247. The molecule has 1 N–H and O–H groups in total. The lowest BCUT2D eigenvalue weighted by atomic mass is 9.89. The third kappa shape index (κ3) is 5.13. The van der Waals surface area contributed by atoms with E-state index in [2.05, 4.69) is 22.3 Å². The number of nitrogens with one attached hydrogen (secondary N) is 1. The van der Waals surface area contributed by atoms with E-state index < -0.39 is 0 Å². The van der Waals surface area contributed by atoms with Crippen LogP contribution in [0.15, 0.2) is 48.5 Å². The summed E-state index contributed by atoms with van der Waals surface area (Å²) in [7, 11) is 1.66. The average molecular weight is 511 g/mol. The van der Waals surface area contributed by atoms with E-state index in [1.165, 1.54) is 11.3 Å². The number of fused-ring (bicyclic) bond motifs is 1. The SMILES string of the molecule is COc1ccc(N2CCN(C(=O)C3CCCc4sc(NC(=O)c5ccc(Cl)cc5)nc43)CC2)cc1. The number of halogens is 1. The maximum Gasteiger partial charge on any atom is 0.257 e. The highest BCUT2D eigenvalue weighted by Gasteiger charge is 2.34. The predicted molar refractivity (Wildman–Crippen MR) is 139 cm³/mol. The molecule has 0 spiro atoms. The first kappa shape index (κ1) is 23.6. The summed E-state index contributed by atoms with van der Waals surface area (Å²) in [4.78, 5) is 36.1. The van der Waals surface area contributed by atoms with Crippen LogP contribution < -0.4 is 15.0 Å². The van der Waals surface area contributed by atoms with Gasteiger partial charge in [-0.2, -0.15) is 0 Å². The summed E-state index contributed by atoms with van der Waals surface area (Å²) in [6.45, 7) is 2.94. The Kier molecular flexibility index (Phi) is 6.92. The summed E-state index contributed by atoms with van der Waals surface area (Å²) in [6, 6.07) is 14.8. The molecule has 2 heterocycles. The fourth-order valence-electron chi connectivity index (χ4n) is 4.68. The fourth-order valence-corrected chi connectivity index (χ4v) is 5.87. The number of ether oxygens (including phenoxy) is 1. The van der Waals surface area contributed by atoms with E-state index >= 15 is 0 Å². The number of thiazole rings is 1. The normalized spacial score (nSPS) is 17.6. The van der Waals surface area contributed by atoms with Crippen LogP contribution in [0.2, 0.25) is 5.02 Å². The van der Waals surface area contributed by atoms with Crippen LogP contribution in [-0.2, 0) is 11.2 Å². The van der Waals surface area contributed by atoms with Crippen molar-refractivity contribution in [3.05, 3.63) is 69.7 Å². The Morgan fingerprint density at radius 3 is 2.46 bits per heavy atom. The number of amides is 2. The fraction of sp³-hybridized carbons (Fsp3) is 0.346. The summed E-state index contributed by atoms with van der Waals surface area (Å²) in [6.07, 6.45) is 2.62. The first-order chi connectivity index (χ1) is 17.0. The molecule has 9 heteroatoms. The molecule has 7 nitrogen and oxygen atoms in total. The van der Waals surface area contributed by atoms with Crippen LogP contribution in [0.4, 0.5) is 10.8 Å². The van der Waals surface area contributed by atoms with E-state index in [-0.39, 0.29) is 17.7 Å². The molecular formula is C26H27ClN4O3S. The minimum absolute atomic E-state index is 0.140. The highest BCUT2D eigenvalue weighted by Crippen LogP contribution is 2.38. The van der Waals surface area contributed by atoms with Crippen molar-refractivity contribution in [2.75, 3.05) is 43.5 Å². The summed E-state index contributed by atoms with van der Waals surface area (Å²) < 4.78 is 5.25. The molecule has 0 saturated carbocycles. The smallest absolute Gasteiger partial charge is 0.257 e. The van der Waals surface area contributed by atoms with Crippen molar-refractivity contribution in [1.29, 1.82) is 0 Å². The van der Waals surface area contributed by atoms with Gasteiger partial charge in [0.15, 0.2) is 5.13 Å². The molecular weight excluding hydrogens is 484 g/mol. The number of rotatable bonds is 5. The van der Waals surface area contributed by atoms with Crippen molar-refractivity contribution in [2.24, 2.45) is 0 Å². The Hall–Kier alpha value is -3.10. The molecule has 5 rings (SSSR count). The molecule has 1 aliphatic heterocycles. The second-order valence-electron chi connectivity index (χ2n) is 8.74. The Bertz CT molecular complexity index is 1200. The zero-order valence-corrected chi connectivity index (χ0v) is 21.1. The van der Waals surface area contributed by atoms with Crippen LogP contribution in [0.1, 0.15) is 39.7 Å². The van der Waals surface area contributed by atoms with Gasteiger partial charge in [-0.3, -0.25) is 14.9 Å². The van der Waals surface area contributed by atoms with E-state index in [0.29, 0.717) is 28.8 Å². The first-order valence-electron chi connectivity index (χ1n) is 11.8. The zero-order valence-electron chi connectivity index (χ0n) is 19.5. The summed E-state index contributed by atoms with van der Waals surface area (Å²) in [5.74, 6) is 0.498. The van der Waals surface area contributed by atoms with Gasteiger partial charge in [0.2, 0.25) is 5.91 Å². The number of benzene rings is 2. The summed E-state index contributed by atoms with van der Waals surface area (Å²) >= 11 is 7.39. The van der Waals surface area contributed by atoms with E-state index in [0.717, 1.165) is 54.4 Å². The average Bonchev–Trinajstić information content (AvgIpc) is 3.31. The molecule has 35 heavy (non-hydrogen) atoms. The van der Waals surface area contributed by atoms with Gasteiger partial charge < -0.3 is 14.5 Å². The number of hydrogen-bond donors (Lipinski definition) is 1. The number of piperazine rings is 1. The van der Waals surface area contributed by atoms with Crippen molar-refractivity contribution in [1.82, 2.24) is 9.88 Å². The Balaban J connectivity index is 1.23. The van der Waals surface area contributed by atoms with Gasteiger partial charge >= 0.3 is 0 Å². The molecule has 1 fully saturated rings. The second kappa shape index (κ2) is 10.3. The monoisotopic (exact) mass is 510 g/mol. The molecule has 1 saturated heterocycles. The predicted octanol–water partition coefficient (Wildman–Crippen LogP) is 4.83. The number of carbonyl (C=O) groups is 2. The highest BCUT2D eigenvalue weighted by atomic mass is 35.5. The third-order valence-electron chi connectivity index (χ3n) is 6.61. The van der Waals surface area contributed by atoms with Crippen molar-refractivity contribution >= 4 is 45.6 Å². The number of nitrogens with zero attached hydrogens (tertiary/aromatic N) is 3. The van der Waals surface area contributed by atoms with Crippen LogP contribution in [0.5, 0.6) is 5.75 Å². The molecule has 0 radical (unpaired) electrons. The molecule has 3 aromatic rings. The second-order valence-corrected chi connectivity index (χ2v) is 10.3. The standard InChI is InChI=1S/C26H27ClN4O3S/c1-34-20-11-9-19(10-12-20)30-13-15-31(16-14-30)25(33)21-3-2-4-22-23(21)28-26(35-22)29-24(32)17-5-7-18(27)8-6-17/h5-12,21H,2-4,13-16H2,1H3,(H,28,29,32). The molecule has 182 valence electrons. The van der Waals surface area contributed by atoms with Crippen molar-refractivity contribution < 1.29 is 14.3 Å². The molecule has 2 aromatic carbocycles. The van der Waals surface area contributed by atoms with Gasteiger partial charge in [0.1, 0.15) is 5.75 Å². The molecule has 1 aromatic heterocycles. The van der Waals surface area contributed by atoms with Crippen LogP contribution >= 0.6 is 22.9 Å². The van der Waals surface area contributed by atoms with Crippen LogP contribution in [0.3, 0.4) is 0 Å². The number of aromatic nitrogens is 1. The third-order valence-corrected chi connectivity index (χ3v) is 7.91. The Labute approximate surface area is 213 Å². The first-order valence-corrected chi connectivity index (χ1v) is 13.0. The molecule has 0 bridgehead atoms. The number of hydrogen-bond acceptors (Lipinski definition) is 6. The summed E-state index contributed by atoms with van der Waals surface area (Å²) in [5.41, 5.74) is 2.48. The van der Waals surface area contributed by atoms with Gasteiger partial charge in [0.05, 0.1) is 18.7 Å². The molecule has 1 unspecified atom stereocenters. The molecule has 1 atom stereocenters. The maximum absolute atomic E-state index is 13.5. The van der Waals surface area contributed by atoms with Crippen LogP contribution in [0, 0.1) is 0 Å². The Morgan fingerprint density at radius 2 is 1.77 bits per heavy atom. The summed E-state index contributed by atoms with van der Waals surface area (Å²) in [5, 5.41) is 4.01. The van der Waals surface area contributed by atoms with Gasteiger partial charge in [-0.15, -0.1) is 11.3 Å². The minimum Gasteiger partial charge on any atom is -0.497 e. The van der Waals surface area contributed by atoms with E-state index in [4.69, 9.17) is 21.3 Å². The number of aryl methyl sites for hydroxylation is 1. The van der Waals surface area contributed by atoms with Crippen LogP contribution in [0.25, 0.3) is 0 Å².